The number of halogens is 1. The monoisotopic (exact) mass is 356 g/mol. The maximum absolute atomic E-state index is 13.4. The number of hydrogen-bond acceptors (Lipinski definition) is 3. The summed E-state index contributed by atoms with van der Waals surface area (Å²) in [6, 6.07) is 14.7. The normalized spacial score (nSPS) is 16.9. The highest BCUT2D eigenvalue weighted by molar-refractivity contribution is 5.78. The number of carbonyl (C=O) groups excluding carboxylic acids is 1. The van der Waals surface area contributed by atoms with E-state index < -0.39 is 0 Å². The Morgan fingerprint density at radius 1 is 1.19 bits per heavy atom. The van der Waals surface area contributed by atoms with Crippen molar-refractivity contribution in [1.82, 2.24) is 10.2 Å². The molecule has 2 aromatic carbocycles. The van der Waals surface area contributed by atoms with E-state index in [4.69, 9.17) is 4.74 Å². The Hall–Kier alpha value is -2.40. The first-order valence-electron chi connectivity index (χ1n) is 9.03. The third-order valence-electron chi connectivity index (χ3n) is 4.81. The van der Waals surface area contributed by atoms with Gasteiger partial charge in [-0.2, -0.15) is 0 Å². The summed E-state index contributed by atoms with van der Waals surface area (Å²) in [5.74, 6) is 0.754. The van der Waals surface area contributed by atoms with Gasteiger partial charge in [0, 0.05) is 25.6 Å². The van der Waals surface area contributed by atoms with Gasteiger partial charge in [0.05, 0.1) is 7.11 Å². The molecule has 0 aliphatic carbocycles. The molecule has 0 spiro atoms. The number of methoxy groups -OCH3 is 1. The summed E-state index contributed by atoms with van der Waals surface area (Å²) in [6.45, 7) is 2.08. The fraction of sp³-hybridized carbons (Fsp3) is 0.381. The maximum atomic E-state index is 13.4. The highest BCUT2D eigenvalue weighted by Crippen LogP contribution is 2.24. The van der Waals surface area contributed by atoms with Crippen LogP contribution in [0.1, 0.15) is 30.4 Å². The highest BCUT2D eigenvalue weighted by Gasteiger charge is 2.30. The topological polar surface area (TPSA) is 41.6 Å². The van der Waals surface area contributed by atoms with E-state index in [0.717, 1.165) is 37.2 Å². The van der Waals surface area contributed by atoms with Crippen molar-refractivity contribution in [3.63, 3.8) is 0 Å². The number of nitrogens with zero attached hydrogens (tertiary/aromatic N) is 1. The predicted molar refractivity (Wildman–Crippen MR) is 99.3 cm³/mol. The molecule has 3 rings (SSSR count). The summed E-state index contributed by atoms with van der Waals surface area (Å²) in [7, 11) is 1.66. The van der Waals surface area contributed by atoms with Crippen molar-refractivity contribution in [1.29, 1.82) is 0 Å². The van der Waals surface area contributed by atoms with Gasteiger partial charge in [0.25, 0.3) is 0 Å². The van der Waals surface area contributed by atoms with Crippen LogP contribution in [0.2, 0.25) is 0 Å². The Morgan fingerprint density at radius 2 is 2.00 bits per heavy atom. The van der Waals surface area contributed by atoms with Crippen molar-refractivity contribution in [2.45, 2.75) is 38.4 Å². The van der Waals surface area contributed by atoms with Crippen LogP contribution in [-0.4, -0.2) is 30.5 Å². The van der Waals surface area contributed by atoms with E-state index in [1.807, 2.05) is 29.2 Å². The van der Waals surface area contributed by atoms with Crippen molar-refractivity contribution in [3.8, 4) is 5.75 Å². The third-order valence-corrected chi connectivity index (χ3v) is 4.81. The van der Waals surface area contributed by atoms with Crippen LogP contribution < -0.4 is 10.1 Å². The first-order chi connectivity index (χ1) is 12.7. The van der Waals surface area contributed by atoms with Crippen molar-refractivity contribution in [3.05, 3.63) is 65.5 Å². The fourth-order valence-corrected chi connectivity index (χ4v) is 3.43. The largest absolute Gasteiger partial charge is 0.497 e. The summed E-state index contributed by atoms with van der Waals surface area (Å²) in [4.78, 5) is 14.1. The molecule has 4 nitrogen and oxygen atoms in total. The number of amides is 1. The third kappa shape index (κ3) is 4.82. The first-order valence-corrected chi connectivity index (χ1v) is 9.03. The molecule has 1 saturated heterocycles. The lowest BCUT2D eigenvalue weighted by Gasteiger charge is -2.25. The van der Waals surface area contributed by atoms with Crippen molar-refractivity contribution < 1.29 is 13.9 Å². The number of rotatable bonds is 8. The van der Waals surface area contributed by atoms with E-state index in [1.54, 1.807) is 13.2 Å². The first kappa shape index (κ1) is 18.4. The van der Waals surface area contributed by atoms with Crippen LogP contribution in [-0.2, 0) is 17.9 Å². The predicted octanol–water partition coefficient (Wildman–Crippen LogP) is 3.51. The molecular formula is C21H25FN2O2. The molecular weight excluding hydrogens is 331 g/mol. The Kier molecular flexibility index (Phi) is 6.23. The van der Waals surface area contributed by atoms with Crippen LogP contribution in [0.25, 0.3) is 0 Å². The fourth-order valence-electron chi connectivity index (χ4n) is 3.43. The van der Waals surface area contributed by atoms with Gasteiger partial charge in [-0.3, -0.25) is 4.79 Å². The molecule has 1 aliphatic rings. The number of hydrogen-bond donors (Lipinski definition) is 1. The van der Waals surface area contributed by atoms with E-state index in [-0.39, 0.29) is 17.8 Å². The SMILES string of the molecule is COc1cccc(CNCC[C@H]2CCC(=O)N2Cc2cccc(F)c2)c1. The molecule has 1 amide bonds. The standard InChI is InChI=1S/C21H25FN2O2/c1-26-20-7-3-4-16(13-20)14-23-11-10-19-8-9-21(25)24(19)15-17-5-2-6-18(22)12-17/h2-7,12-13,19,23H,8-11,14-15H2,1H3/t19-/m1/s1. The Balaban J connectivity index is 1.49. The summed E-state index contributed by atoms with van der Waals surface area (Å²) < 4.78 is 18.6. The molecule has 138 valence electrons. The molecule has 0 unspecified atom stereocenters. The molecule has 2 aromatic rings. The van der Waals surface area contributed by atoms with Crippen LogP contribution in [0.15, 0.2) is 48.5 Å². The van der Waals surface area contributed by atoms with Gasteiger partial charge in [-0.15, -0.1) is 0 Å². The van der Waals surface area contributed by atoms with E-state index in [0.29, 0.717) is 13.0 Å². The molecule has 1 N–H and O–H groups in total. The van der Waals surface area contributed by atoms with Gasteiger partial charge in [0.15, 0.2) is 0 Å². The highest BCUT2D eigenvalue weighted by atomic mass is 19.1. The molecule has 0 aromatic heterocycles. The van der Waals surface area contributed by atoms with Gasteiger partial charge in [0.1, 0.15) is 11.6 Å². The molecule has 1 aliphatic heterocycles. The Morgan fingerprint density at radius 3 is 2.81 bits per heavy atom. The minimum absolute atomic E-state index is 0.159. The van der Waals surface area contributed by atoms with E-state index in [2.05, 4.69) is 11.4 Å². The number of nitrogens with one attached hydrogen (secondary N) is 1. The van der Waals surface area contributed by atoms with Gasteiger partial charge < -0.3 is 15.0 Å². The molecule has 5 heteroatoms. The summed E-state index contributed by atoms with van der Waals surface area (Å²) in [5, 5.41) is 3.43. The summed E-state index contributed by atoms with van der Waals surface area (Å²) >= 11 is 0. The van der Waals surface area contributed by atoms with E-state index >= 15 is 0 Å². The molecule has 1 atom stereocenters. The van der Waals surface area contributed by atoms with Crippen LogP contribution in [0.5, 0.6) is 5.75 Å². The Labute approximate surface area is 154 Å². The summed E-state index contributed by atoms with van der Waals surface area (Å²) in [6.07, 6.45) is 2.34. The number of carbonyl (C=O) groups is 1. The molecule has 0 radical (unpaired) electrons. The maximum Gasteiger partial charge on any atom is 0.223 e. The van der Waals surface area contributed by atoms with Gasteiger partial charge in [0.2, 0.25) is 5.91 Å². The lowest BCUT2D eigenvalue weighted by atomic mass is 10.1. The zero-order valence-corrected chi connectivity index (χ0v) is 15.1. The van der Waals surface area contributed by atoms with Crippen LogP contribution in [0.3, 0.4) is 0 Å². The molecule has 0 bridgehead atoms. The smallest absolute Gasteiger partial charge is 0.223 e. The number of likely N-dealkylation sites (tertiary alicyclic amines) is 1. The summed E-state index contributed by atoms with van der Waals surface area (Å²) in [5.41, 5.74) is 2.01. The zero-order chi connectivity index (χ0) is 18.4. The van der Waals surface area contributed by atoms with E-state index in [1.165, 1.54) is 17.7 Å². The van der Waals surface area contributed by atoms with Gasteiger partial charge in [-0.05, 0) is 54.8 Å². The second-order valence-electron chi connectivity index (χ2n) is 6.66. The van der Waals surface area contributed by atoms with Gasteiger partial charge in [-0.25, -0.2) is 4.39 Å². The van der Waals surface area contributed by atoms with Crippen LogP contribution in [0, 0.1) is 5.82 Å². The quantitative estimate of drug-likeness (QED) is 0.736. The van der Waals surface area contributed by atoms with E-state index in [9.17, 15) is 9.18 Å². The average molecular weight is 356 g/mol. The number of ether oxygens (including phenoxy) is 1. The van der Waals surface area contributed by atoms with Crippen molar-refractivity contribution in [2.75, 3.05) is 13.7 Å². The van der Waals surface area contributed by atoms with Crippen LogP contribution >= 0.6 is 0 Å². The zero-order valence-electron chi connectivity index (χ0n) is 15.1. The van der Waals surface area contributed by atoms with Crippen molar-refractivity contribution in [2.24, 2.45) is 0 Å². The van der Waals surface area contributed by atoms with Crippen LogP contribution in [0.4, 0.5) is 4.39 Å². The second kappa shape index (κ2) is 8.81. The van der Waals surface area contributed by atoms with Gasteiger partial charge in [-0.1, -0.05) is 24.3 Å². The average Bonchev–Trinajstić information content (AvgIpc) is 2.99. The second-order valence-corrected chi connectivity index (χ2v) is 6.66. The molecule has 26 heavy (non-hydrogen) atoms. The number of benzene rings is 2. The molecule has 1 heterocycles. The lowest BCUT2D eigenvalue weighted by Crippen LogP contribution is -2.34. The minimum Gasteiger partial charge on any atom is -0.497 e. The molecule has 1 fully saturated rings. The molecule has 0 saturated carbocycles. The lowest BCUT2D eigenvalue weighted by molar-refractivity contribution is -0.129. The van der Waals surface area contributed by atoms with Gasteiger partial charge >= 0.3 is 0 Å². The Bertz CT molecular complexity index is 750. The minimum atomic E-state index is -0.259. The van der Waals surface area contributed by atoms with Crippen molar-refractivity contribution >= 4 is 5.91 Å².